The van der Waals surface area contributed by atoms with Crippen molar-refractivity contribution in [2.45, 2.75) is 6.54 Å². The van der Waals surface area contributed by atoms with Crippen LogP contribution < -0.4 is 14.2 Å². The predicted octanol–water partition coefficient (Wildman–Crippen LogP) is 2.37. The molecule has 1 heterocycles. The van der Waals surface area contributed by atoms with Crippen molar-refractivity contribution in [1.29, 1.82) is 0 Å². The van der Waals surface area contributed by atoms with Crippen molar-refractivity contribution < 1.29 is 19.0 Å². The largest absolute Gasteiger partial charge is 0.493 e. The lowest BCUT2D eigenvalue weighted by atomic mass is 10.1. The zero-order valence-electron chi connectivity index (χ0n) is 11.8. The zero-order valence-corrected chi connectivity index (χ0v) is 11.8. The first-order valence-electron chi connectivity index (χ1n) is 6.12. The van der Waals surface area contributed by atoms with Gasteiger partial charge in [-0.3, -0.25) is 4.79 Å². The Balaban J connectivity index is 2.40. The summed E-state index contributed by atoms with van der Waals surface area (Å²) in [5.41, 5.74) is 1.58. The molecule has 0 spiro atoms. The van der Waals surface area contributed by atoms with Crippen LogP contribution in [0.3, 0.4) is 0 Å². The van der Waals surface area contributed by atoms with Gasteiger partial charge in [-0.15, -0.1) is 0 Å². The molecule has 0 aliphatic rings. The van der Waals surface area contributed by atoms with Crippen LogP contribution >= 0.6 is 0 Å². The summed E-state index contributed by atoms with van der Waals surface area (Å²) < 4.78 is 17.8. The van der Waals surface area contributed by atoms with E-state index in [9.17, 15) is 4.79 Å². The summed E-state index contributed by atoms with van der Waals surface area (Å²) in [5.74, 6) is 1.75. The number of ether oxygens (including phenoxy) is 3. The van der Waals surface area contributed by atoms with Crippen LogP contribution in [0.5, 0.6) is 17.2 Å². The number of carbonyl (C=O) groups is 1. The van der Waals surface area contributed by atoms with Crippen molar-refractivity contribution in [2.24, 2.45) is 0 Å². The average Bonchev–Trinajstić information content (AvgIpc) is 2.93. The Morgan fingerprint density at radius 2 is 1.75 bits per heavy atom. The second kappa shape index (κ2) is 6.14. The Morgan fingerprint density at radius 3 is 2.25 bits per heavy atom. The highest BCUT2D eigenvalue weighted by atomic mass is 16.5. The summed E-state index contributed by atoms with van der Waals surface area (Å²) in [4.78, 5) is 10.9. The van der Waals surface area contributed by atoms with Crippen molar-refractivity contribution >= 4 is 6.29 Å². The van der Waals surface area contributed by atoms with Crippen LogP contribution in [0.25, 0.3) is 0 Å². The van der Waals surface area contributed by atoms with Crippen LogP contribution in [0, 0.1) is 0 Å². The van der Waals surface area contributed by atoms with Gasteiger partial charge in [-0.25, -0.2) is 0 Å². The molecule has 0 bridgehead atoms. The SMILES string of the molecule is COc1cc(Cn2cccc2C=O)cc(OC)c1OC. The van der Waals surface area contributed by atoms with E-state index in [1.54, 1.807) is 27.4 Å². The number of rotatable bonds is 6. The number of hydrogen-bond acceptors (Lipinski definition) is 4. The molecule has 0 aliphatic carbocycles. The zero-order chi connectivity index (χ0) is 14.5. The summed E-state index contributed by atoms with van der Waals surface area (Å²) in [6, 6.07) is 7.35. The third-order valence-electron chi connectivity index (χ3n) is 3.06. The molecule has 0 saturated carbocycles. The first kappa shape index (κ1) is 14.0. The Kier molecular flexibility index (Phi) is 4.30. The lowest BCUT2D eigenvalue weighted by molar-refractivity contribution is 0.111. The molecule has 0 aliphatic heterocycles. The van der Waals surface area contributed by atoms with Crippen LogP contribution in [-0.2, 0) is 6.54 Å². The third-order valence-corrected chi connectivity index (χ3v) is 3.06. The lowest BCUT2D eigenvalue weighted by Gasteiger charge is -2.14. The molecule has 5 heteroatoms. The lowest BCUT2D eigenvalue weighted by Crippen LogP contribution is -2.04. The topological polar surface area (TPSA) is 49.7 Å². The standard InChI is InChI=1S/C15H17NO4/c1-18-13-7-11(8-14(19-2)15(13)20-3)9-16-6-4-5-12(16)10-17/h4-8,10H,9H2,1-3H3. The fourth-order valence-corrected chi connectivity index (χ4v) is 2.10. The van der Waals surface area contributed by atoms with Crippen molar-refractivity contribution in [3.63, 3.8) is 0 Å². The molecule has 0 fully saturated rings. The van der Waals surface area contributed by atoms with E-state index in [1.165, 1.54) is 0 Å². The van der Waals surface area contributed by atoms with Gasteiger partial charge in [0.25, 0.3) is 0 Å². The van der Waals surface area contributed by atoms with Crippen molar-refractivity contribution in [3.8, 4) is 17.2 Å². The van der Waals surface area contributed by atoms with E-state index in [0.29, 0.717) is 29.5 Å². The van der Waals surface area contributed by atoms with Crippen LogP contribution in [0.2, 0.25) is 0 Å². The second-order valence-corrected chi connectivity index (χ2v) is 4.21. The van der Waals surface area contributed by atoms with E-state index in [1.807, 2.05) is 29.0 Å². The Hall–Kier alpha value is -2.43. The molecule has 106 valence electrons. The third kappa shape index (κ3) is 2.61. The van der Waals surface area contributed by atoms with Crippen molar-refractivity contribution in [3.05, 3.63) is 41.7 Å². The van der Waals surface area contributed by atoms with Gasteiger partial charge in [-0.05, 0) is 29.8 Å². The Bertz CT molecular complexity index is 579. The van der Waals surface area contributed by atoms with E-state index >= 15 is 0 Å². The van der Waals surface area contributed by atoms with Gasteiger partial charge in [-0.2, -0.15) is 0 Å². The monoisotopic (exact) mass is 275 g/mol. The molecule has 0 amide bonds. The first-order chi connectivity index (χ1) is 9.73. The first-order valence-corrected chi connectivity index (χ1v) is 6.12. The van der Waals surface area contributed by atoms with E-state index in [0.717, 1.165) is 11.8 Å². The van der Waals surface area contributed by atoms with Crippen LogP contribution in [0.4, 0.5) is 0 Å². The number of benzene rings is 1. The molecule has 0 saturated heterocycles. The molecule has 1 aromatic carbocycles. The molecule has 0 unspecified atom stereocenters. The fraction of sp³-hybridized carbons (Fsp3) is 0.267. The number of nitrogens with zero attached hydrogens (tertiary/aromatic N) is 1. The molecule has 2 aromatic rings. The van der Waals surface area contributed by atoms with Crippen LogP contribution in [0.15, 0.2) is 30.5 Å². The molecule has 0 radical (unpaired) electrons. The van der Waals surface area contributed by atoms with Gasteiger partial charge in [0.1, 0.15) is 0 Å². The minimum atomic E-state index is 0.553. The van der Waals surface area contributed by atoms with Crippen LogP contribution in [-0.4, -0.2) is 32.2 Å². The highest BCUT2D eigenvalue weighted by molar-refractivity contribution is 5.72. The molecule has 0 atom stereocenters. The molecular formula is C15H17NO4. The minimum Gasteiger partial charge on any atom is -0.493 e. The summed E-state index contributed by atoms with van der Waals surface area (Å²) in [5, 5.41) is 0. The maximum absolute atomic E-state index is 10.9. The summed E-state index contributed by atoms with van der Waals surface area (Å²) in [6.07, 6.45) is 2.69. The molecule has 5 nitrogen and oxygen atoms in total. The summed E-state index contributed by atoms with van der Waals surface area (Å²) in [7, 11) is 4.72. The smallest absolute Gasteiger partial charge is 0.203 e. The average molecular weight is 275 g/mol. The van der Waals surface area contributed by atoms with Gasteiger partial charge >= 0.3 is 0 Å². The predicted molar refractivity (Wildman–Crippen MR) is 75.0 cm³/mol. The van der Waals surface area contributed by atoms with Gasteiger partial charge in [0.15, 0.2) is 17.8 Å². The van der Waals surface area contributed by atoms with Crippen molar-refractivity contribution in [1.82, 2.24) is 4.57 Å². The minimum absolute atomic E-state index is 0.553. The number of aldehydes is 1. The normalized spacial score (nSPS) is 10.2. The quantitative estimate of drug-likeness (QED) is 0.759. The van der Waals surface area contributed by atoms with Gasteiger partial charge in [-0.1, -0.05) is 0 Å². The molecule has 20 heavy (non-hydrogen) atoms. The number of hydrogen-bond donors (Lipinski definition) is 0. The van der Waals surface area contributed by atoms with E-state index in [2.05, 4.69) is 0 Å². The Labute approximate surface area is 117 Å². The fourth-order valence-electron chi connectivity index (χ4n) is 2.10. The summed E-state index contributed by atoms with van der Waals surface area (Å²) in [6.45, 7) is 0.553. The highest BCUT2D eigenvalue weighted by Gasteiger charge is 2.13. The van der Waals surface area contributed by atoms with Gasteiger partial charge in [0, 0.05) is 12.7 Å². The highest BCUT2D eigenvalue weighted by Crippen LogP contribution is 2.38. The second-order valence-electron chi connectivity index (χ2n) is 4.21. The molecule has 2 rings (SSSR count). The maximum Gasteiger partial charge on any atom is 0.203 e. The van der Waals surface area contributed by atoms with Crippen LogP contribution in [0.1, 0.15) is 16.1 Å². The van der Waals surface area contributed by atoms with Gasteiger partial charge in [0.05, 0.1) is 27.0 Å². The number of methoxy groups -OCH3 is 3. The maximum atomic E-state index is 10.9. The molecule has 0 N–H and O–H groups in total. The number of carbonyl (C=O) groups excluding carboxylic acids is 1. The van der Waals surface area contributed by atoms with Crippen molar-refractivity contribution in [2.75, 3.05) is 21.3 Å². The molecule has 1 aromatic heterocycles. The van der Waals surface area contributed by atoms with Gasteiger partial charge in [0.2, 0.25) is 5.75 Å². The van der Waals surface area contributed by atoms with E-state index in [4.69, 9.17) is 14.2 Å². The Morgan fingerprint density at radius 1 is 1.10 bits per heavy atom. The van der Waals surface area contributed by atoms with Gasteiger partial charge < -0.3 is 18.8 Å². The van der Waals surface area contributed by atoms with E-state index < -0.39 is 0 Å². The number of aromatic nitrogens is 1. The molecular weight excluding hydrogens is 258 g/mol. The van der Waals surface area contributed by atoms with E-state index in [-0.39, 0.29) is 0 Å². The summed E-state index contributed by atoms with van der Waals surface area (Å²) >= 11 is 0.